The Labute approximate surface area is 180 Å². The molecule has 4 heterocycles. The second-order valence-corrected chi connectivity index (χ2v) is 8.52. The van der Waals surface area contributed by atoms with Crippen molar-refractivity contribution in [2.45, 2.75) is 18.9 Å². The molecular weight excluding hydrogens is 422 g/mol. The lowest BCUT2D eigenvalue weighted by molar-refractivity contribution is 0.0659. The van der Waals surface area contributed by atoms with E-state index >= 15 is 0 Å². The fraction of sp³-hybridized carbons (Fsp3) is 0.227. The molecule has 0 bridgehead atoms. The summed E-state index contributed by atoms with van der Waals surface area (Å²) in [5.74, 6) is -1.70. The maximum atomic E-state index is 14.1. The maximum Gasteiger partial charge on any atom is 0.276 e. The molecule has 0 fully saturated rings. The number of amides is 1. The van der Waals surface area contributed by atoms with Crippen LogP contribution in [0, 0.1) is 11.6 Å². The van der Waals surface area contributed by atoms with Gasteiger partial charge in [0.1, 0.15) is 11.6 Å². The number of thiophene rings is 1. The first-order valence-electron chi connectivity index (χ1n) is 9.71. The molecule has 1 aliphatic heterocycles. The molecule has 4 aromatic rings. The van der Waals surface area contributed by atoms with Crippen LogP contribution >= 0.6 is 11.3 Å². The van der Waals surface area contributed by atoms with Crippen molar-refractivity contribution in [2.24, 2.45) is 7.05 Å². The maximum absolute atomic E-state index is 14.1. The number of carbonyl (C=O) groups is 1. The largest absolute Gasteiger partial charge is 0.355 e. The van der Waals surface area contributed by atoms with Crippen LogP contribution in [-0.4, -0.2) is 32.3 Å². The fourth-order valence-corrected chi connectivity index (χ4v) is 5.09. The number of fused-ring (bicyclic) bond motifs is 1. The smallest absolute Gasteiger partial charge is 0.276 e. The summed E-state index contributed by atoms with van der Waals surface area (Å²) in [5.41, 5.74) is 2.36. The molecule has 2 atom stereocenters. The van der Waals surface area contributed by atoms with E-state index in [2.05, 4.69) is 16.3 Å². The van der Waals surface area contributed by atoms with Gasteiger partial charge in [0.25, 0.3) is 5.91 Å². The van der Waals surface area contributed by atoms with Crippen molar-refractivity contribution in [2.75, 3.05) is 6.54 Å². The first-order valence-corrected chi connectivity index (χ1v) is 10.6. The Morgan fingerprint density at radius 3 is 2.84 bits per heavy atom. The summed E-state index contributed by atoms with van der Waals surface area (Å²) in [6.45, 7) is 2.44. The van der Waals surface area contributed by atoms with E-state index in [9.17, 15) is 13.6 Å². The van der Waals surface area contributed by atoms with Crippen molar-refractivity contribution in [1.82, 2.24) is 19.8 Å². The zero-order chi connectivity index (χ0) is 21.7. The topological polar surface area (TPSA) is 64.2 Å². The highest BCUT2D eigenvalue weighted by molar-refractivity contribution is 7.10. The Balaban J connectivity index is 1.47. The number of hydrogen-bond acceptors (Lipinski definition) is 5. The molecule has 5 rings (SSSR count). The van der Waals surface area contributed by atoms with Gasteiger partial charge in [-0.3, -0.25) is 9.48 Å². The van der Waals surface area contributed by atoms with Gasteiger partial charge in [0.05, 0.1) is 17.8 Å². The third kappa shape index (κ3) is 3.34. The highest BCUT2D eigenvalue weighted by atomic mass is 32.1. The predicted octanol–water partition coefficient (Wildman–Crippen LogP) is 4.76. The third-order valence-electron chi connectivity index (χ3n) is 5.64. The lowest BCUT2D eigenvalue weighted by atomic mass is 9.87. The number of halogens is 2. The summed E-state index contributed by atoms with van der Waals surface area (Å²) in [5, 5.41) is 10.2. The summed E-state index contributed by atoms with van der Waals surface area (Å²) in [7, 11) is 1.86. The minimum absolute atomic E-state index is 0.00369. The van der Waals surface area contributed by atoms with Crippen molar-refractivity contribution in [3.05, 3.63) is 81.4 Å². The van der Waals surface area contributed by atoms with Crippen LogP contribution in [0.25, 0.3) is 11.3 Å². The second-order valence-electron chi connectivity index (χ2n) is 7.57. The highest BCUT2D eigenvalue weighted by Gasteiger charge is 2.37. The van der Waals surface area contributed by atoms with E-state index in [4.69, 9.17) is 4.52 Å². The molecule has 3 aromatic heterocycles. The minimum Gasteiger partial charge on any atom is -0.355 e. The molecule has 31 heavy (non-hydrogen) atoms. The summed E-state index contributed by atoms with van der Waals surface area (Å²) < 4.78 is 34.3. The summed E-state index contributed by atoms with van der Waals surface area (Å²) >= 11 is 1.61. The molecule has 0 saturated carbocycles. The van der Waals surface area contributed by atoms with Crippen molar-refractivity contribution in [3.8, 4) is 11.3 Å². The van der Waals surface area contributed by atoms with Gasteiger partial charge in [0.2, 0.25) is 0 Å². The monoisotopic (exact) mass is 440 g/mol. The zero-order valence-electron chi connectivity index (χ0n) is 16.8. The van der Waals surface area contributed by atoms with Gasteiger partial charge in [-0.1, -0.05) is 5.16 Å². The normalized spacial score (nSPS) is 18.3. The Kier molecular flexibility index (Phi) is 4.70. The minimum atomic E-state index is -0.777. The number of carbonyl (C=O) groups excluding carboxylic acids is 1. The molecule has 0 N–H and O–H groups in total. The van der Waals surface area contributed by atoms with Gasteiger partial charge in [0.15, 0.2) is 11.5 Å². The van der Waals surface area contributed by atoms with Crippen LogP contribution in [0.3, 0.4) is 0 Å². The number of aromatic nitrogens is 3. The van der Waals surface area contributed by atoms with E-state index < -0.39 is 11.6 Å². The van der Waals surface area contributed by atoms with Crippen LogP contribution in [0.5, 0.6) is 0 Å². The van der Waals surface area contributed by atoms with E-state index in [1.807, 2.05) is 31.7 Å². The molecule has 0 spiro atoms. The molecule has 6 nitrogen and oxygen atoms in total. The average molecular weight is 440 g/mol. The SMILES string of the molecule is CC1c2sccc2[C@@H](c2cnn(C)c2)CN1C(=O)c1cc(-c2ccc(F)cc2F)on1. The molecular formula is C22H18F2N4O2S. The van der Waals surface area contributed by atoms with E-state index in [-0.39, 0.29) is 34.9 Å². The quantitative estimate of drug-likeness (QED) is 0.461. The van der Waals surface area contributed by atoms with Crippen LogP contribution in [0.15, 0.2) is 52.6 Å². The standard InChI is InChI=1S/C22H18F2N4O2S/c1-12-21-15(5-6-31-21)17(13-9-25-27(2)10-13)11-28(12)22(29)19-8-20(30-26-19)16-4-3-14(23)7-18(16)24/h3-10,12,17H,11H2,1-2H3/t12?,17-/m1/s1. The number of rotatable bonds is 3. The number of benzene rings is 1. The highest BCUT2D eigenvalue weighted by Crippen LogP contribution is 2.42. The Bertz CT molecular complexity index is 1280. The van der Waals surface area contributed by atoms with Crippen molar-refractivity contribution in [1.29, 1.82) is 0 Å². The molecule has 0 saturated heterocycles. The molecule has 1 amide bonds. The molecule has 9 heteroatoms. The molecule has 0 aliphatic carbocycles. The Hall–Kier alpha value is -3.33. The molecule has 158 valence electrons. The molecule has 1 aromatic carbocycles. The van der Waals surface area contributed by atoms with E-state index in [0.29, 0.717) is 6.54 Å². The van der Waals surface area contributed by atoms with Gasteiger partial charge in [-0.2, -0.15) is 5.10 Å². The van der Waals surface area contributed by atoms with Crippen LogP contribution in [0.1, 0.15) is 45.4 Å². The van der Waals surface area contributed by atoms with Crippen molar-refractivity contribution < 1.29 is 18.1 Å². The second kappa shape index (κ2) is 7.42. The van der Waals surface area contributed by atoms with E-state index in [1.54, 1.807) is 20.9 Å². The summed E-state index contributed by atoms with van der Waals surface area (Å²) in [4.78, 5) is 16.2. The van der Waals surface area contributed by atoms with E-state index in [0.717, 1.165) is 22.6 Å². The summed E-state index contributed by atoms with van der Waals surface area (Å²) in [6.07, 6.45) is 3.77. The van der Waals surface area contributed by atoms with Gasteiger partial charge in [0, 0.05) is 42.7 Å². The first kappa shape index (κ1) is 19.6. The van der Waals surface area contributed by atoms with Gasteiger partial charge in [-0.05, 0) is 41.6 Å². The van der Waals surface area contributed by atoms with Gasteiger partial charge < -0.3 is 9.42 Å². The number of nitrogens with zero attached hydrogens (tertiary/aromatic N) is 4. The first-order chi connectivity index (χ1) is 14.9. The van der Waals surface area contributed by atoms with Crippen LogP contribution < -0.4 is 0 Å². The Morgan fingerprint density at radius 1 is 1.26 bits per heavy atom. The van der Waals surface area contributed by atoms with E-state index in [1.165, 1.54) is 17.7 Å². The number of hydrogen-bond donors (Lipinski definition) is 0. The lowest BCUT2D eigenvalue weighted by Gasteiger charge is -2.37. The number of aryl methyl sites for hydroxylation is 1. The van der Waals surface area contributed by atoms with Crippen molar-refractivity contribution >= 4 is 17.2 Å². The molecule has 0 radical (unpaired) electrons. The van der Waals surface area contributed by atoms with Crippen molar-refractivity contribution in [3.63, 3.8) is 0 Å². The molecule has 1 aliphatic rings. The average Bonchev–Trinajstić information content (AvgIpc) is 3.48. The fourth-order valence-electron chi connectivity index (χ4n) is 4.06. The predicted molar refractivity (Wildman–Crippen MR) is 111 cm³/mol. The van der Waals surface area contributed by atoms with Gasteiger partial charge in [-0.25, -0.2) is 8.78 Å². The van der Waals surface area contributed by atoms with Gasteiger partial charge >= 0.3 is 0 Å². The third-order valence-corrected chi connectivity index (χ3v) is 6.75. The van der Waals surface area contributed by atoms with Crippen LogP contribution in [0.4, 0.5) is 8.78 Å². The van der Waals surface area contributed by atoms with Crippen LogP contribution in [0.2, 0.25) is 0 Å². The summed E-state index contributed by atoms with van der Waals surface area (Å²) in [6, 6.07) is 6.52. The Morgan fingerprint density at radius 2 is 2.10 bits per heavy atom. The zero-order valence-corrected chi connectivity index (χ0v) is 17.6. The lowest BCUT2D eigenvalue weighted by Crippen LogP contribution is -2.40. The van der Waals surface area contributed by atoms with Crippen LogP contribution in [-0.2, 0) is 7.05 Å². The van der Waals surface area contributed by atoms with Gasteiger partial charge in [-0.15, -0.1) is 11.3 Å². The molecule has 1 unspecified atom stereocenters.